The van der Waals surface area contributed by atoms with Crippen LogP contribution in [0, 0.1) is 0 Å². The smallest absolute Gasteiger partial charge is 0.278 e. The number of para-hydroxylation sites is 2. The first kappa shape index (κ1) is 18.6. The van der Waals surface area contributed by atoms with E-state index in [0.717, 1.165) is 5.56 Å². The highest BCUT2D eigenvalue weighted by molar-refractivity contribution is 6.15. The van der Waals surface area contributed by atoms with Gasteiger partial charge in [-0.15, -0.1) is 0 Å². The molecule has 0 aromatic heterocycles. The molecule has 0 radical (unpaired) electrons. The molecule has 0 aliphatic carbocycles. The number of hydrogen-bond acceptors (Lipinski definition) is 5. The van der Waals surface area contributed by atoms with Gasteiger partial charge in [0.2, 0.25) is 0 Å². The van der Waals surface area contributed by atoms with E-state index in [0.29, 0.717) is 35.9 Å². The lowest BCUT2D eigenvalue weighted by atomic mass is 10.0. The van der Waals surface area contributed by atoms with Gasteiger partial charge in [0.1, 0.15) is 5.75 Å². The number of nitrogens with one attached hydrogen (secondary N) is 2. The Morgan fingerprint density at radius 3 is 2.63 bits per heavy atom. The van der Waals surface area contributed by atoms with Crippen LogP contribution in [0.15, 0.2) is 42.5 Å². The highest BCUT2D eigenvalue weighted by Gasteiger charge is 2.46. The molecule has 2 aromatic rings. The van der Waals surface area contributed by atoms with Crippen molar-refractivity contribution in [2.75, 3.05) is 26.1 Å². The highest BCUT2D eigenvalue weighted by atomic mass is 16.5. The van der Waals surface area contributed by atoms with Crippen molar-refractivity contribution < 1.29 is 23.8 Å². The fraction of sp³-hybridized carbons (Fsp3) is 0.300. The number of anilines is 1. The first-order chi connectivity index (χ1) is 13.0. The van der Waals surface area contributed by atoms with Crippen LogP contribution in [-0.4, -0.2) is 38.2 Å². The Labute approximate surface area is 157 Å². The van der Waals surface area contributed by atoms with Crippen LogP contribution < -0.4 is 24.8 Å². The van der Waals surface area contributed by atoms with E-state index in [1.54, 1.807) is 38.5 Å². The largest absolute Gasteiger partial charge is 0.493 e. The fourth-order valence-electron chi connectivity index (χ4n) is 2.84. The lowest BCUT2D eigenvalue weighted by Crippen LogP contribution is -2.58. The molecule has 7 heteroatoms. The van der Waals surface area contributed by atoms with E-state index < -0.39 is 17.4 Å². The molecule has 1 unspecified atom stereocenters. The third-order valence-electron chi connectivity index (χ3n) is 4.46. The second kappa shape index (κ2) is 7.57. The van der Waals surface area contributed by atoms with E-state index in [4.69, 9.17) is 14.2 Å². The molecule has 1 atom stereocenters. The summed E-state index contributed by atoms with van der Waals surface area (Å²) in [5.74, 6) is 0.748. The van der Waals surface area contributed by atoms with E-state index in [-0.39, 0.29) is 0 Å². The lowest BCUT2D eigenvalue weighted by molar-refractivity contribution is -0.146. The molecule has 1 heterocycles. The van der Waals surface area contributed by atoms with Gasteiger partial charge in [-0.05, 0) is 43.2 Å². The topological polar surface area (TPSA) is 85.9 Å². The average Bonchev–Trinajstić information content (AvgIpc) is 2.68. The molecule has 0 saturated heterocycles. The van der Waals surface area contributed by atoms with Crippen LogP contribution in [0.1, 0.15) is 12.5 Å². The van der Waals surface area contributed by atoms with Gasteiger partial charge in [-0.1, -0.05) is 18.2 Å². The van der Waals surface area contributed by atoms with Gasteiger partial charge in [0.25, 0.3) is 17.4 Å². The molecule has 0 spiro atoms. The Morgan fingerprint density at radius 2 is 1.89 bits per heavy atom. The summed E-state index contributed by atoms with van der Waals surface area (Å²) < 4.78 is 16.2. The van der Waals surface area contributed by atoms with Crippen molar-refractivity contribution in [1.82, 2.24) is 5.32 Å². The highest BCUT2D eigenvalue weighted by Crippen LogP contribution is 2.33. The van der Waals surface area contributed by atoms with Gasteiger partial charge in [-0.25, -0.2) is 0 Å². The Bertz CT molecular complexity index is 867. The molecule has 2 N–H and O–H groups in total. The maximum atomic E-state index is 12.6. The van der Waals surface area contributed by atoms with Crippen LogP contribution in [0.3, 0.4) is 0 Å². The lowest BCUT2D eigenvalue weighted by Gasteiger charge is -2.33. The summed E-state index contributed by atoms with van der Waals surface area (Å²) in [4.78, 5) is 25.0. The molecular weight excluding hydrogens is 348 g/mol. The van der Waals surface area contributed by atoms with E-state index >= 15 is 0 Å². The van der Waals surface area contributed by atoms with Gasteiger partial charge in [-0.3, -0.25) is 9.59 Å². The Balaban J connectivity index is 1.63. The van der Waals surface area contributed by atoms with Crippen LogP contribution in [-0.2, 0) is 16.0 Å². The van der Waals surface area contributed by atoms with Gasteiger partial charge >= 0.3 is 0 Å². The molecule has 1 aliphatic heterocycles. The maximum absolute atomic E-state index is 12.6. The van der Waals surface area contributed by atoms with Crippen LogP contribution >= 0.6 is 0 Å². The quantitative estimate of drug-likeness (QED) is 0.761. The predicted octanol–water partition coefficient (Wildman–Crippen LogP) is 2.15. The van der Waals surface area contributed by atoms with Gasteiger partial charge in [0.15, 0.2) is 11.5 Å². The molecule has 3 rings (SSSR count). The van der Waals surface area contributed by atoms with Crippen molar-refractivity contribution in [2.24, 2.45) is 0 Å². The summed E-state index contributed by atoms with van der Waals surface area (Å²) in [6.45, 7) is 1.81. The third-order valence-corrected chi connectivity index (χ3v) is 4.46. The van der Waals surface area contributed by atoms with Crippen molar-refractivity contribution in [2.45, 2.75) is 18.9 Å². The zero-order chi connectivity index (χ0) is 19.4. The van der Waals surface area contributed by atoms with Crippen LogP contribution in [0.25, 0.3) is 0 Å². The summed E-state index contributed by atoms with van der Waals surface area (Å²) in [6, 6.07) is 12.6. The number of carbonyl (C=O) groups is 2. The van der Waals surface area contributed by atoms with Crippen LogP contribution in [0.2, 0.25) is 0 Å². The van der Waals surface area contributed by atoms with E-state index in [1.807, 2.05) is 18.2 Å². The number of hydrogen-bond donors (Lipinski definition) is 2. The van der Waals surface area contributed by atoms with Crippen molar-refractivity contribution in [1.29, 1.82) is 0 Å². The number of fused-ring (bicyclic) bond motifs is 1. The molecule has 1 aliphatic rings. The fourth-order valence-corrected chi connectivity index (χ4v) is 2.84. The normalized spacial score (nSPS) is 18.0. The van der Waals surface area contributed by atoms with Crippen molar-refractivity contribution in [3.8, 4) is 17.2 Å². The molecule has 2 aromatic carbocycles. The van der Waals surface area contributed by atoms with Crippen molar-refractivity contribution in [3.05, 3.63) is 48.0 Å². The summed E-state index contributed by atoms with van der Waals surface area (Å²) >= 11 is 0. The average molecular weight is 370 g/mol. The molecule has 0 saturated carbocycles. The monoisotopic (exact) mass is 370 g/mol. The Kier molecular flexibility index (Phi) is 5.21. The van der Waals surface area contributed by atoms with E-state index in [1.165, 1.54) is 6.92 Å². The zero-order valence-corrected chi connectivity index (χ0v) is 15.5. The molecule has 142 valence electrons. The number of ether oxygens (including phenoxy) is 3. The number of amides is 2. The SMILES string of the molecule is COc1ccc(CCNC(=O)C2(C)Oc3ccccc3NC2=O)cc1OC. The minimum absolute atomic E-state index is 0.349. The van der Waals surface area contributed by atoms with Crippen molar-refractivity contribution in [3.63, 3.8) is 0 Å². The number of rotatable bonds is 6. The second-order valence-corrected chi connectivity index (χ2v) is 6.28. The Morgan fingerprint density at radius 1 is 1.15 bits per heavy atom. The number of methoxy groups -OCH3 is 2. The first-order valence-electron chi connectivity index (χ1n) is 8.56. The summed E-state index contributed by atoms with van der Waals surface area (Å²) in [5.41, 5.74) is -0.0954. The summed E-state index contributed by atoms with van der Waals surface area (Å²) in [6.07, 6.45) is 0.570. The predicted molar refractivity (Wildman–Crippen MR) is 100 cm³/mol. The third kappa shape index (κ3) is 3.67. The van der Waals surface area contributed by atoms with Crippen molar-refractivity contribution >= 4 is 17.5 Å². The molecule has 0 bridgehead atoms. The standard InChI is InChI=1S/C20H22N2O5/c1-20(19(24)22-14-6-4-5-7-15(14)27-20)18(23)21-11-10-13-8-9-16(25-2)17(12-13)26-3/h4-9,12H,10-11H2,1-3H3,(H,21,23)(H,22,24). The van der Waals surface area contributed by atoms with E-state index in [2.05, 4.69) is 10.6 Å². The number of carbonyl (C=O) groups excluding carboxylic acids is 2. The van der Waals surface area contributed by atoms with Gasteiger partial charge in [0, 0.05) is 6.54 Å². The molecule has 2 amide bonds. The van der Waals surface area contributed by atoms with Crippen LogP contribution in [0.4, 0.5) is 5.69 Å². The first-order valence-corrected chi connectivity index (χ1v) is 8.56. The molecule has 27 heavy (non-hydrogen) atoms. The summed E-state index contributed by atoms with van der Waals surface area (Å²) in [7, 11) is 3.15. The molecule has 7 nitrogen and oxygen atoms in total. The second-order valence-electron chi connectivity index (χ2n) is 6.28. The van der Waals surface area contributed by atoms with Crippen LogP contribution in [0.5, 0.6) is 17.2 Å². The molecular formula is C20H22N2O5. The van der Waals surface area contributed by atoms with Gasteiger partial charge in [-0.2, -0.15) is 0 Å². The summed E-state index contributed by atoms with van der Waals surface area (Å²) in [5, 5.41) is 5.48. The molecule has 0 fully saturated rings. The minimum atomic E-state index is -1.62. The van der Waals surface area contributed by atoms with E-state index in [9.17, 15) is 9.59 Å². The van der Waals surface area contributed by atoms with Gasteiger partial charge in [0.05, 0.1) is 19.9 Å². The Hall–Kier alpha value is -3.22. The maximum Gasteiger partial charge on any atom is 0.278 e. The van der Waals surface area contributed by atoms with Gasteiger partial charge < -0.3 is 24.8 Å². The number of benzene rings is 2. The zero-order valence-electron chi connectivity index (χ0n) is 15.5. The minimum Gasteiger partial charge on any atom is -0.493 e.